The second-order valence-corrected chi connectivity index (χ2v) is 16.2. The number of aliphatic hydroxyl groups is 1. The van der Waals surface area contributed by atoms with Gasteiger partial charge in [-0.25, -0.2) is 13.4 Å². The second-order valence-electron chi connectivity index (χ2n) is 14.0. The summed E-state index contributed by atoms with van der Waals surface area (Å²) in [6.45, 7) is 8.73. The summed E-state index contributed by atoms with van der Waals surface area (Å²) in [5.41, 5.74) is -0.450. The summed E-state index contributed by atoms with van der Waals surface area (Å²) in [4.78, 5) is 12.6. The van der Waals surface area contributed by atoms with Gasteiger partial charge in [-0.3, -0.25) is 0 Å². The summed E-state index contributed by atoms with van der Waals surface area (Å²) in [5.74, 6) is 0.0123. The zero-order chi connectivity index (χ0) is 31.5. The van der Waals surface area contributed by atoms with E-state index in [1.165, 1.54) is 0 Å². The monoisotopic (exact) mass is 635 g/mol. The van der Waals surface area contributed by atoms with Crippen LogP contribution in [0.15, 0.2) is 29.3 Å². The van der Waals surface area contributed by atoms with Crippen molar-refractivity contribution in [1.82, 2.24) is 14.9 Å². The number of alkyl halides is 3. The molecule has 1 aromatic carbocycles. The van der Waals surface area contributed by atoms with Crippen LogP contribution in [0.4, 0.5) is 30.6 Å². The lowest BCUT2D eigenvalue weighted by atomic mass is 9.63. The maximum absolute atomic E-state index is 14.0. The van der Waals surface area contributed by atoms with Crippen LogP contribution < -0.4 is 10.2 Å². The van der Waals surface area contributed by atoms with Crippen LogP contribution in [0, 0.1) is 18.3 Å². The van der Waals surface area contributed by atoms with Crippen molar-refractivity contribution < 1.29 is 26.7 Å². The van der Waals surface area contributed by atoms with E-state index in [9.17, 15) is 26.7 Å². The third kappa shape index (κ3) is 5.93. The highest BCUT2D eigenvalue weighted by Crippen LogP contribution is 2.53. The highest BCUT2D eigenvalue weighted by atomic mass is 32.2. The predicted octanol–water partition coefficient (Wildman–Crippen LogP) is 6.11. The average Bonchev–Trinajstić information content (AvgIpc) is 2.91. The van der Waals surface area contributed by atoms with E-state index in [4.69, 9.17) is 0 Å². The van der Waals surface area contributed by atoms with E-state index in [0.717, 1.165) is 51.4 Å². The Balaban J connectivity index is 1.15. The first kappa shape index (κ1) is 31.5. The number of hydrogen-bond acceptors (Lipinski definition) is 8. The van der Waals surface area contributed by atoms with Gasteiger partial charge in [0, 0.05) is 31.0 Å². The molecule has 6 rings (SSSR count). The van der Waals surface area contributed by atoms with Gasteiger partial charge >= 0.3 is 6.18 Å². The van der Waals surface area contributed by atoms with Crippen LogP contribution in [0.1, 0.15) is 82.8 Å². The fraction of sp³-hybridized carbons (Fsp3) is 0.688. The van der Waals surface area contributed by atoms with Gasteiger partial charge in [0.1, 0.15) is 11.4 Å². The Labute approximate surface area is 258 Å². The van der Waals surface area contributed by atoms with Gasteiger partial charge in [-0.05, 0) is 120 Å². The molecule has 0 bridgehead atoms. The summed E-state index contributed by atoms with van der Waals surface area (Å²) in [6, 6.07) is 5.33. The number of piperidine rings is 2. The Morgan fingerprint density at radius 2 is 1.70 bits per heavy atom. The van der Waals surface area contributed by atoms with Crippen molar-refractivity contribution in [2.75, 3.05) is 36.4 Å². The highest BCUT2D eigenvalue weighted by molar-refractivity contribution is 7.92. The first-order chi connectivity index (χ1) is 20.7. The van der Waals surface area contributed by atoms with Crippen LogP contribution in [0.3, 0.4) is 0 Å². The minimum atomic E-state index is -4.63. The number of aryl methyl sites for hydroxylation is 1. The van der Waals surface area contributed by atoms with E-state index >= 15 is 0 Å². The minimum Gasteiger partial charge on any atom is -0.389 e. The number of nitrogens with zero attached hydrogens (tertiary/aromatic N) is 4. The SMILES string of the molecule is Cc1cc(S(=O)(=O)C2CC3(CCN(C(C)C)CC3)C2)ccc1Nc1ncc(C(F)(F)F)c(N2CCC(O)(C3CCC3)CC2)n1. The minimum absolute atomic E-state index is 0.000194. The van der Waals surface area contributed by atoms with Gasteiger partial charge < -0.3 is 20.2 Å². The fourth-order valence-electron chi connectivity index (χ4n) is 7.65. The van der Waals surface area contributed by atoms with Crippen molar-refractivity contribution in [2.45, 2.75) is 107 Å². The van der Waals surface area contributed by atoms with Crippen LogP contribution in [-0.2, 0) is 16.0 Å². The van der Waals surface area contributed by atoms with Crippen LogP contribution in [0.25, 0.3) is 0 Å². The van der Waals surface area contributed by atoms with Gasteiger partial charge in [0.25, 0.3) is 0 Å². The molecular formula is C32H44F3N5O3S. The lowest BCUT2D eigenvalue weighted by Gasteiger charge is -2.52. The van der Waals surface area contributed by atoms with Gasteiger partial charge in [0.05, 0.1) is 15.7 Å². The molecule has 2 aromatic rings. The normalized spacial score (nSPS) is 23.0. The molecule has 0 amide bonds. The Morgan fingerprint density at radius 1 is 1.05 bits per heavy atom. The lowest BCUT2D eigenvalue weighted by Crippen LogP contribution is -2.52. The Kier molecular flexibility index (Phi) is 8.18. The number of sulfone groups is 1. The van der Waals surface area contributed by atoms with Gasteiger partial charge in [-0.15, -0.1) is 0 Å². The molecule has 4 aliphatic rings. The van der Waals surface area contributed by atoms with Crippen molar-refractivity contribution >= 4 is 27.3 Å². The van der Waals surface area contributed by atoms with E-state index in [0.29, 0.717) is 43.0 Å². The summed E-state index contributed by atoms with van der Waals surface area (Å²) < 4.78 is 68.9. The lowest BCUT2D eigenvalue weighted by molar-refractivity contribution is -0.137. The number of rotatable bonds is 7. The largest absolute Gasteiger partial charge is 0.421 e. The molecule has 12 heteroatoms. The quantitative estimate of drug-likeness (QED) is 0.377. The number of nitrogens with one attached hydrogen (secondary N) is 1. The van der Waals surface area contributed by atoms with E-state index in [2.05, 4.69) is 34.0 Å². The molecule has 2 aliphatic heterocycles. The molecule has 8 nitrogen and oxygen atoms in total. The molecule has 4 fully saturated rings. The summed E-state index contributed by atoms with van der Waals surface area (Å²) in [6.07, 6.45) is 3.42. The highest BCUT2D eigenvalue weighted by Gasteiger charge is 2.51. The van der Waals surface area contributed by atoms with E-state index in [-0.39, 0.29) is 41.1 Å². The van der Waals surface area contributed by atoms with E-state index < -0.39 is 32.4 Å². The molecule has 2 saturated carbocycles. The second kappa shape index (κ2) is 11.4. The standard InChI is InChI=1S/C32H44F3N5O3S/c1-21(2)39-13-9-30(10-14-39)18-25(19-30)44(42,43)24-7-8-27(22(3)17-24)37-29-36-20-26(32(33,34)35)28(38-29)40-15-11-31(41,12-16-40)23-5-4-6-23/h7-8,17,20-21,23,25,41H,4-6,9-16,18-19H2,1-3H3,(H,36,37,38). The molecular weight excluding hydrogens is 591 g/mol. The van der Waals surface area contributed by atoms with Crippen LogP contribution in [-0.4, -0.2) is 71.5 Å². The molecule has 1 spiro atoms. The molecule has 242 valence electrons. The third-order valence-corrected chi connectivity index (χ3v) is 13.1. The molecule has 1 aromatic heterocycles. The summed E-state index contributed by atoms with van der Waals surface area (Å²) in [5, 5.41) is 13.7. The smallest absolute Gasteiger partial charge is 0.389 e. The zero-order valence-electron chi connectivity index (χ0n) is 25.8. The predicted molar refractivity (Wildman–Crippen MR) is 164 cm³/mol. The number of halogens is 3. The molecule has 2 aliphatic carbocycles. The molecule has 2 saturated heterocycles. The van der Waals surface area contributed by atoms with Gasteiger partial charge in [0.2, 0.25) is 5.95 Å². The van der Waals surface area contributed by atoms with Crippen molar-refractivity contribution in [3.63, 3.8) is 0 Å². The number of hydrogen-bond donors (Lipinski definition) is 2. The molecule has 0 unspecified atom stereocenters. The summed E-state index contributed by atoms with van der Waals surface area (Å²) in [7, 11) is -3.50. The first-order valence-corrected chi connectivity index (χ1v) is 17.5. The molecule has 0 atom stereocenters. The van der Waals surface area contributed by atoms with Crippen LogP contribution >= 0.6 is 0 Å². The van der Waals surface area contributed by atoms with Gasteiger partial charge in [-0.1, -0.05) is 6.42 Å². The summed E-state index contributed by atoms with van der Waals surface area (Å²) >= 11 is 0. The maximum Gasteiger partial charge on any atom is 0.421 e. The average molecular weight is 636 g/mol. The molecule has 44 heavy (non-hydrogen) atoms. The van der Waals surface area contributed by atoms with Crippen molar-refractivity contribution in [3.05, 3.63) is 35.5 Å². The number of benzene rings is 1. The zero-order valence-corrected chi connectivity index (χ0v) is 26.6. The van der Waals surface area contributed by atoms with E-state index in [1.54, 1.807) is 30.0 Å². The Morgan fingerprint density at radius 3 is 2.25 bits per heavy atom. The van der Waals surface area contributed by atoms with Crippen molar-refractivity contribution in [1.29, 1.82) is 0 Å². The van der Waals surface area contributed by atoms with Gasteiger partial charge in [0.15, 0.2) is 9.84 Å². The maximum atomic E-state index is 14.0. The molecule has 3 heterocycles. The fourth-order valence-corrected chi connectivity index (χ4v) is 9.78. The van der Waals surface area contributed by atoms with Gasteiger partial charge in [-0.2, -0.15) is 18.2 Å². The number of likely N-dealkylation sites (tertiary alicyclic amines) is 1. The Hall–Kier alpha value is -2.44. The topological polar surface area (TPSA) is 98.7 Å². The molecule has 0 radical (unpaired) electrons. The van der Waals surface area contributed by atoms with Crippen molar-refractivity contribution in [3.8, 4) is 0 Å². The number of aromatic nitrogens is 2. The Bertz CT molecular complexity index is 1470. The molecule has 2 N–H and O–H groups in total. The first-order valence-electron chi connectivity index (χ1n) is 16.0. The van der Waals surface area contributed by atoms with Crippen molar-refractivity contribution in [2.24, 2.45) is 11.3 Å². The van der Waals surface area contributed by atoms with E-state index in [1.807, 2.05) is 0 Å². The van der Waals surface area contributed by atoms with Crippen LogP contribution in [0.5, 0.6) is 0 Å². The number of anilines is 3. The third-order valence-electron chi connectivity index (χ3n) is 11.0. The van der Waals surface area contributed by atoms with Crippen LogP contribution in [0.2, 0.25) is 0 Å².